The molecule has 0 saturated carbocycles. The predicted octanol–water partition coefficient (Wildman–Crippen LogP) is 4.62. The van der Waals surface area contributed by atoms with Gasteiger partial charge in [0.1, 0.15) is 0 Å². The van der Waals surface area contributed by atoms with Crippen molar-refractivity contribution in [3.63, 3.8) is 0 Å². The summed E-state index contributed by atoms with van der Waals surface area (Å²) in [5, 5.41) is 0. The number of carbonyl (C=O) groups excluding carboxylic acids is 1. The second kappa shape index (κ2) is 7.84. The van der Waals surface area contributed by atoms with E-state index >= 15 is 0 Å². The summed E-state index contributed by atoms with van der Waals surface area (Å²) >= 11 is -1.16. The number of fused-ring (bicyclic) bond motifs is 2. The molecule has 0 radical (unpaired) electrons. The van der Waals surface area contributed by atoms with Crippen molar-refractivity contribution in [3.8, 4) is 0 Å². The summed E-state index contributed by atoms with van der Waals surface area (Å²) in [7, 11) is 0. The number of anilines is 1. The zero-order valence-electron chi connectivity index (χ0n) is 17.2. The Kier molecular flexibility index (Phi) is 5.40. The lowest BCUT2D eigenvalue weighted by Crippen LogP contribution is -2.36. The maximum atomic E-state index is 13.1. The molecule has 6 heteroatoms. The lowest BCUT2D eigenvalue weighted by Gasteiger charge is -2.20. The molecule has 1 aliphatic rings. The highest BCUT2D eigenvalue weighted by Crippen LogP contribution is 2.43. The molecule has 4 rings (SSSR count). The Morgan fingerprint density at radius 1 is 1.14 bits per heavy atom. The molecule has 29 heavy (non-hydrogen) atoms. The van der Waals surface area contributed by atoms with Gasteiger partial charge in [-0.2, -0.15) is 0 Å². The highest BCUT2D eigenvalue weighted by Gasteiger charge is 2.44. The van der Waals surface area contributed by atoms with E-state index in [2.05, 4.69) is 18.0 Å². The average molecular weight is 410 g/mol. The minimum absolute atomic E-state index is 0.149. The minimum Gasteiger partial charge on any atom is -0.610 e. The normalized spacial score (nSPS) is 16.4. The molecule has 1 aromatic heterocycles. The lowest BCUT2D eigenvalue weighted by molar-refractivity contribution is -0.122. The first-order valence-corrected chi connectivity index (χ1v) is 11.5. The molecule has 1 amide bonds. The molecule has 5 nitrogen and oxygen atoms in total. The van der Waals surface area contributed by atoms with E-state index in [-0.39, 0.29) is 5.91 Å². The Bertz CT molecular complexity index is 1030. The van der Waals surface area contributed by atoms with E-state index in [0.717, 1.165) is 53.0 Å². The third kappa shape index (κ3) is 3.55. The number of aromatic nitrogens is 2. The Hall–Kier alpha value is -2.31. The van der Waals surface area contributed by atoms with Crippen molar-refractivity contribution in [2.75, 3.05) is 11.4 Å². The van der Waals surface area contributed by atoms with Gasteiger partial charge in [0.25, 0.3) is 0 Å². The van der Waals surface area contributed by atoms with Gasteiger partial charge in [-0.1, -0.05) is 38.0 Å². The third-order valence-electron chi connectivity index (χ3n) is 5.73. The molecule has 2 aromatic carbocycles. The molecule has 0 spiro atoms. The van der Waals surface area contributed by atoms with Gasteiger partial charge in [0.05, 0.1) is 28.5 Å². The molecule has 3 aromatic rings. The summed E-state index contributed by atoms with van der Waals surface area (Å²) in [6, 6.07) is 13.6. The Morgan fingerprint density at radius 2 is 1.90 bits per heavy atom. The smallest absolute Gasteiger partial charge is 0.237 e. The summed E-state index contributed by atoms with van der Waals surface area (Å²) in [5.41, 5.74) is 3.18. The molecular formula is C23H27N3O2S. The monoisotopic (exact) mass is 409 g/mol. The predicted molar refractivity (Wildman–Crippen MR) is 117 cm³/mol. The topological polar surface area (TPSA) is 61.2 Å². The first kappa shape index (κ1) is 20.0. The molecule has 0 aliphatic carbocycles. The van der Waals surface area contributed by atoms with Gasteiger partial charge in [0.15, 0.2) is 10.8 Å². The van der Waals surface area contributed by atoms with E-state index in [1.165, 1.54) is 0 Å². The molecule has 1 atom stereocenters. The number of carbonyl (C=O) groups is 1. The fourth-order valence-corrected chi connectivity index (χ4v) is 5.07. The van der Waals surface area contributed by atoms with Crippen LogP contribution in [0.5, 0.6) is 0 Å². The van der Waals surface area contributed by atoms with Crippen LogP contribution >= 0.6 is 0 Å². The van der Waals surface area contributed by atoms with Gasteiger partial charge in [-0.3, -0.25) is 9.36 Å². The van der Waals surface area contributed by atoms with Crippen molar-refractivity contribution in [2.24, 2.45) is 0 Å². The average Bonchev–Trinajstić information content (AvgIpc) is 3.19. The zero-order valence-corrected chi connectivity index (χ0v) is 18.0. The Labute approximate surface area is 174 Å². The van der Waals surface area contributed by atoms with Gasteiger partial charge in [-0.25, -0.2) is 4.98 Å². The summed E-state index contributed by atoms with van der Waals surface area (Å²) in [4.78, 5) is 20.3. The number of hydrogen-bond acceptors (Lipinski definition) is 3. The van der Waals surface area contributed by atoms with Crippen LogP contribution in [-0.4, -0.2) is 26.6 Å². The summed E-state index contributed by atoms with van der Waals surface area (Å²) in [6.45, 7) is 6.89. The summed E-state index contributed by atoms with van der Waals surface area (Å²) < 4.78 is 14.7. The van der Waals surface area contributed by atoms with Crippen LogP contribution in [0.2, 0.25) is 0 Å². The number of rotatable bonds is 7. The standard InChI is InChI=1S/C23H27N3O2S/c1-4-5-9-12-26-20-14-19-21(13-18(20)23(2,3)22(26)27)25(15-24-19)16-29(28)17-10-7-6-8-11-17/h6-8,10-11,13-15H,4-5,9,12,16H2,1-3H3. The number of nitrogens with zero attached hydrogens (tertiary/aromatic N) is 3. The van der Waals surface area contributed by atoms with E-state index in [4.69, 9.17) is 0 Å². The molecular weight excluding hydrogens is 382 g/mol. The number of benzene rings is 2. The van der Waals surface area contributed by atoms with Crippen LogP contribution in [0.15, 0.2) is 53.7 Å². The van der Waals surface area contributed by atoms with Crippen molar-refractivity contribution in [1.29, 1.82) is 0 Å². The Balaban J connectivity index is 1.69. The fourth-order valence-electron chi connectivity index (χ4n) is 4.00. The van der Waals surface area contributed by atoms with E-state index in [0.29, 0.717) is 5.88 Å². The van der Waals surface area contributed by atoms with Crippen molar-refractivity contribution < 1.29 is 9.35 Å². The van der Waals surface area contributed by atoms with Crippen LogP contribution in [-0.2, 0) is 27.3 Å². The van der Waals surface area contributed by atoms with Gasteiger partial charge in [-0.15, -0.1) is 0 Å². The second-order valence-electron chi connectivity index (χ2n) is 8.15. The van der Waals surface area contributed by atoms with Gasteiger partial charge >= 0.3 is 0 Å². The largest absolute Gasteiger partial charge is 0.610 e. The molecule has 0 saturated heterocycles. The van der Waals surface area contributed by atoms with Crippen LogP contribution in [0.25, 0.3) is 11.0 Å². The molecule has 0 fully saturated rings. The van der Waals surface area contributed by atoms with Crippen LogP contribution in [0.3, 0.4) is 0 Å². The van der Waals surface area contributed by atoms with Crippen molar-refractivity contribution in [3.05, 3.63) is 54.4 Å². The number of hydrogen-bond donors (Lipinski definition) is 0. The number of imidazole rings is 1. The zero-order chi connectivity index (χ0) is 20.6. The van der Waals surface area contributed by atoms with Gasteiger partial charge in [0, 0.05) is 17.7 Å². The van der Waals surface area contributed by atoms with Crippen molar-refractivity contribution in [1.82, 2.24) is 9.55 Å². The van der Waals surface area contributed by atoms with E-state index < -0.39 is 16.6 Å². The van der Waals surface area contributed by atoms with E-state index in [1.807, 2.05) is 59.7 Å². The van der Waals surface area contributed by atoms with Crippen LogP contribution in [0.1, 0.15) is 45.6 Å². The third-order valence-corrected chi connectivity index (χ3v) is 7.04. The van der Waals surface area contributed by atoms with Crippen LogP contribution in [0.4, 0.5) is 5.69 Å². The maximum absolute atomic E-state index is 13.1. The second-order valence-corrected chi connectivity index (χ2v) is 9.57. The van der Waals surface area contributed by atoms with E-state index in [1.54, 1.807) is 6.33 Å². The molecule has 0 N–H and O–H groups in total. The fraction of sp³-hybridized carbons (Fsp3) is 0.391. The summed E-state index contributed by atoms with van der Waals surface area (Å²) in [5.74, 6) is 0.490. The van der Waals surface area contributed by atoms with Gasteiger partial charge in [-0.05, 0) is 50.1 Å². The quantitative estimate of drug-likeness (QED) is 0.423. The maximum Gasteiger partial charge on any atom is 0.237 e. The van der Waals surface area contributed by atoms with Crippen molar-refractivity contribution in [2.45, 2.75) is 56.2 Å². The molecule has 1 unspecified atom stereocenters. The number of unbranched alkanes of at least 4 members (excludes halogenated alkanes) is 2. The summed E-state index contributed by atoms with van der Waals surface area (Å²) in [6.07, 6.45) is 4.99. The van der Waals surface area contributed by atoms with Crippen molar-refractivity contribution >= 4 is 33.8 Å². The van der Waals surface area contributed by atoms with E-state index in [9.17, 15) is 9.35 Å². The SMILES string of the molecule is CCCCCN1C(=O)C(C)(C)c2cc3c(cc21)ncn3C[S+]([O-])c1ccccc1. The molecule has 152 valence electrons. The van der Waals surface area contributed by atoms with Gasteiger partial charge in [0.2, 0.25) is 5.91 Å². The van der Waals surface area contributed by atoms with Gasteiger partial charge < -0.3 is 9.45 Å². The highest BCUT2D eigenvalue weighted by atomic mass is 32.2. The first-order valence-electron chi connectivity index (χ1n) is 10.2. The minimum atomic E-state index is -1.16. The molecule has 1 aliphatic heterocycles. The highest BCUT2D eigenvalue weighted by molar-refractivity contribution is 7.90. The number of amides is 1. The van der Waals surface area contributed by atoms with Crippen LogP contribution < -0.4 is 4.90 Å². The lowest BCUT2D eigenvalue weighted by atomic mass is 9.86. The van der Waals surface area contributed by atoms with Crippen LogP contribution in [0, 0.1) is 0 Å². The molecule has 0 bridgehead atoms. The Morgan fingerprint density at radius 3 is 2.62 bits per heavy atom. The first-order chi connectivity index (χ1) is 13.9. The molecule has 2 heterocycles.